The number of halogens is 2. The quantitative estimate of drug-likeness (QED) is 0.311. The Morgan fingerprint density at radius 2 is 1.74 bits per heavy atom. The summed E-state index contributed by atoms with van der Waals surface area (Å²) in [7, 11) is 0. The maximum Gasteiger partial charge on any atom is 0.278 e. The van der Waals surface area contributed by atoms with E-state index in [-0.39, 0.29) is 11.5 Å². The second kappa shape index (κ2) is 10.2. The van der Waals surface area contributed by atoms with Crippen molar-refractivity contribution in [3.05, 3.63) is 104 Å². The molecule has 9 heteroatoms. The van der Waals surface area contributed by atoms with E-state index in [0.29, 0.717) is 53.1 Å². The SMILES string of the molecule is CC(C)(N)CCN(CC1(c2nn3c(Cl)ccc3c(=O)n2Cc2ccccc2)CC1)C(=O)c1ccc(Cl)cc1. The first-order valence-electron chi connectivity index (χ1n) is 12.7. The highest BCUT2D eigenvalue weighted by Crippen LogP contribution is 2.48. The van der Waals surface area contributed by atoms with Gasteiger partial charge >= 0.3 is 0 Å². The molecule has 0 spiro atoms. The molecule has 1 fully saturated rings. The third-order valence-electron chi connectivity index (χ3n) is 7.13. The van der Waals surface area contributed by atoms with Crippen molar-refractivity contribution >= 4 is 34.6 Å². The summed E-state index contributed by atoms with van der Waals surface area (Å²) in [4.78, 5) is 29.2. The van der Waals surface area contributed by atoms with Crippen LogP contribution in [0.4, 0.5) is 0 Å². The molecule has 1 aliphatic rings. The molecule has 0 bridgehead atoms. The minimum atomic E-state index is -0.476. The molecule has 5 rings (SSSR count). The first kappa shape index (κ1) is 26.5. The van der Waals surface area contributed by atoms with Crippen molar-refractivity contribution in [1.82, 2.24) is 19.1 Å². The first-order valence-corrected chi connectivity index (χ1v) is 13.5. The highest BCUT2D eigenvalue weighted by atomic mass is 35.5. The average Bonchev–Trinajstić information content (AvgIpc) is 3.57. The Bertz CT molecular complexity index is 1520. The number of carbonyl (C=O) groups is 1. The number of rotatable bonds is 9. The van der Waals surface area contributed by atoms with Crippen LogP contribution < -0.4 is 11.3 Å². The smallest absolute Gasteiger partial charge is 0.278 e. The lowest BCUT2D eigenvalue weighted by Crippen LogP contribution is -2.44. The molecule has 0 aliphatic heterocycles. The second-order valence-corrected chi connectivity index (χ2v) is 11.7. The van der Waals surface area contributed by atoms with E-state index >= 15 is 0 Å². The molecule has 1 aliphatic carbocycles. The fourth-order valence-corrected chi connectivity index (χ4v) is 5.09. The highest BCUT2D eigenvalue weighted by molar-refractivity contribution is 6.30. The number of nitrogens with two attached hydrogens (primary N) is 1. The van der Waals surface area contributed by atoms with Crippen LogP contribution in [-0.4, -0.2) is 43.6 Å². The van der Waals surface area contributed by atoms with E-state index < -0.39 is 11.0 Å². The average molecular weight is 553 g/mol. The van der Waals surface area contributed by atoms with Gasteiger partial charge < -0.3 is 10.6 Å². The lowest BCUT2D eigenvalue weighted by Gasteiger charge is -2.31. The molecule has 38 heavy (non-hydrogen) atoms. The van der Waals surface area contributed by atoms with Crippen LogP contribution >= 0.6 is 23.2 Å². The van der Waals surface area contributed by atoms with Gasteiger partial charge in [0.1, 0.15) is 16.5 Å². The summed E-state index contributed by atoms with van der Waals surface area (Å²) < 4.78 is 3.25. The number of benzene rings is 2. The minimum absolute atomic E-state index is 0.103. The summed E-state index contributed by atoms with van der Waals surface area (Å²) in [5.74, 6) is 0.534. The van der Waals surface area contributed by atoms with Gasteiger partial charge in [-0.2, -0.15) is 5.10 Å². The van der Waals surface area contributed by atoms with Crippen LogP contribution in [0.5, 0.6) is 0 Å². The molecule has 0 radical (unpaired) electrons. The molecule has 0 unspecified atom stereocenters. The second-order valence-electron chi connectivity index (χ2n) is 10.9. The van der Waals surface area contributed by atoms with Crippen molar-refractivity contribution in [2.24, 2.45) is 5.73 Å². The number of carbonyl (C=O) groups excluding carboxylic acids is 1. The Kier molecular flexibility index (Phi) is 7.11. The number of fused-ring (bicyclic) bond motifs is 1. The Morgan fingerprint density at radius 3 is 2.37 bits per heavy atom. The van der Waals surface area contributed by atoms with Gasteiger partial charge in [0.15, 0.2) is 0 Å². The first-order chi connectivity index (χ1) is 18.1. The molecule has 198 valence electrons. The number of hydrogen-bond acceptors (Lipinski definition) is 4. The molecule has 0 atom stereocenters. The lowest BCUT2D eigenvalue weighted by atomic mass is 9.99. The predicted octanol–water partition coefficient (Wildman–Crippen LogP) is 5.15. The van der Waals surface area contributed by atoms with Crippen molar-refractivity contribution in [1.29, 1.82) is 0 Å². The van der Waals surface area contributed by atoms with Gasteiger partial charge in [-0.3, -0.25) is 14.2 Å². The van der Waals surface area contributed by atoms with Gasteiger partial charge in [0.2, 0.25) is 0 Å². The van der Waals surface area contributed by atoms with Crippen LogP contribution in [0.15, 0.2) is 71.5 Å². The fraction of sp³-hybridized carbons (Fsp3) is 0.345. The molecule has 0 saturated heterocycles. The molecule has 2 aromatic carbocycles. The number of hydrogen-bond donors (Lipinski definition) is 1. The predicted molar refractivity (Wildman–Crippen MR) is 151 cm³/mol. The van der Waals surface area contributed by atoms with E-state index in [0.717, 1.165) is 18.4 Å². The van der Waals surface area contributed by atoms with Crippen LogP contribution in [0.25, 0.3) is 5.52 Å². The number of amides is 1. The summed E-state index contributed by atoms with van der Waals surface area (Å²) in [6.07, 6.45) is 2.22. The molecule has 2 N–H and O–H groups in total. The summed E-state index contributed by atoms with van der Waals surface area (Å²) in [6.45, 7) is 5.17. The van der Waals surface area contributed by atoms with Crippen molar-refractivity contribution < 1.29 is 4.79 Å². The third-order valence-corrected chi connectivity index (χ3v) is 7.67. The largest absolute Gasteiger partial charge is 0.338 e. The Balaban J connectivity index is 1.56. The standard InChI is InChI=1S/C29H31Cl2N5O2/c1-28(2,32)16-17-34(25(37)21-8-10-22(30)11-9-21)19-29(14-15-29)27-33-36-23(12-13-24(36)31)26(38)35(27)18-20-6-4-3-5-7-20/h3-13H,14-19,32H2,1-2H3. The molecule has 4 aromatic rings. The molecule has 1 amide bonds. The summed E-state index contributed by atoms with van der Waals surface area (Å²) in [5, 5.41) is 5.84. The fourth-order valence-electron chi connectivity index (χ4n) is 4.77. The number of aromatic nitrogens is 3. The summed E-state index contributed by atoms with van der Waals surface area (Å²) in [6, 6.07) is 20.1. The normalized spacial score (nSPS) is 14.6. The van der Waals surface area contributed by atoms with Crippen LogP contribution in [0.1, 0.15) is 54.9 Å². The van der Waals surface area contributed by atoms with E-state index in [2.05, 4.69) is 0 Å². The van der Waals surface area contributed by atoms with Crippen LogP contribution in [0.3, 0.4) is 0 Å². The molecule has 2 heterocycles. The molecular weight excluding hydrogens is 521 g/mol. The Morgan fingerprint density at radius 1 is 1.05 bits per heavy atom. The van der Waals surface area contributed by atoms with Crippen molar-refractivity contribution in [3.8, 4) is 0 Å². The van der Waals surface area contributed by atoms with Crippen LogP contribution in [0.2, 0.25) is 10.2 Å². The maximum absolute atomic E-state index is 13.7. The van der Waals surface area contributed by atoms with Crippen molar-refractivity contribution in [3.63, 3.8) is 0 Å². The summed E-state index contributed by atoms with van der Waals surface area (Å²) in [5.41, 5.74) is 7.19. The van der Waals surface area contributed by atoms with Crippen LogP contribution in [-0.2, 0) is 12.0 Å². The number of nitrogens with zero attached hydrogens (tertiary/aromatic N) is 4. The van der Waals surface area contributed by atoms with E-state index in [4.69, 9.17) is 34.0 Å². The van der Waals surface area contributed by atoms with Gasteiger partial charge in [-0.1, -0.05) is 53.5 Å². The lowest BCUT2D eigenvalue weighted by molar-refractivity contribution is 0.0725. The molecule has 1 saturated carbocycles. The van der Waals surface area contributed by atoms with E-state index in [1.165, 1.54) is 4.52 Å². The van der Waals surface area contributed by atoms with Crippen molar-refractivity contribution in [2.75, 3.05) is 13.1 Å². The van der Waals surface area contributed by atoms with E-state index in [1.54, 1.807) is 41.0 Å². The monoisotopic (exact) mass is 551 g/mol. The van der Waals surface area contributed by atoms with E-state index in [9.17, 15) is 9.59 Å². The Labute approximate surface area is 231 Å². The van der Waals surface area contributed by atoms with Crippen LogP contribution in [0, 0.1) is 0 Å². The van der Waals surface area contributed by atoms with Gasteiger partial charge in [-0.25, -0.2) is 4.52 Å². The molecule has 2 aromatic heterocycles. The minimum Gasteiger partial charge on any atom is -0.338 e. The zero-order valence-corrected chi connectivity index (χ0v) is 23.0. The molecular formula is C29H31Cl2N5O2. The zero-order chi connectivity index (χ0) is 27.1. The van der Waals surface area contributed by atoms with Gasteiger partial charge in [0, 0.05) is 34.6 Å². The van der Waals surface area contributed by atoms with Crippen molar-refractivity contribution in [2.45, 2.75) is 50.6 Å². The van der Waals surface area contributed by atoms with Gasteiger partial charge in [-0.05, 0) is 75.1 Å². The zero-order valence-electron chi connectivity index (χ0n) is 21.5. The highest BCUT2D eigenvalue weighted by Gasteiger charge is 2.50. The van der Waals surface area contributed by atoms with Gasteiger partial charge in [0.25, 0.3) is 11.5 Å². The Hall–Kier alpha value is -3.13. The van der Waals surface area contributed by atoms with E-state index in [1.807, 2.05) is 49.1 Å². The topological polar surface area (TPSA) is 85.6 Å². The van der Waals surface area contributed by atoms with Gasteiger partial charge in [-0.15, -0.1) is 0 Å². The van der Waals surface area contributed by atoms with Gasteiger partial charge in [0.05, 0.1) is 6.54 Å². The molecule has 7 nitrogen and oxygen atoms in total. The summed E-state index contributed by atoms with van der Waals surface area (Å²) >= 11 is 12.5. The maximum atomic E-state index is 13.7. The third kappa shape index (κ3) is 5.51.